The summed E-state index contributed by atoms with van der Waals surface area (Å²) in [6.45, 7) is 5.51. The van der Waals surface area contributed by atoms with Crippen molar-refractivity contribution in [2.45, 2.75) is 6.92 Å². The summed E-state index contributed by atoms with van der Waals surface area (Å²) in [6.07, 6.45) is 0. The molecule has 0 N–H and O–H groups in total. The highest BCUT2D eigenvalue weighted by Gasteiger charge is 1.94. The molecule has 0 spiro atoms. The fourth-order valence-electron chi connectivity index (χ4n) is 0.652. The van der Waals surface area contributed by atoms with Gasteiger partial charge in [-0.15, -0.1) is 0 Å². The average Bonchev–Trinajstić information content (AvgIpc) is 2.03. The van der Waals surface area contributed by atoms with Gasteiger partial charge in [0, 0.05) is 0 Å². The van der Waals surface area contributed by atoms with Gasteiger partial charge in [-0.2, -0.15) is 0 Å². The molecule has 11 heavy (non-hydrogen) atoms. The van der Waals surface area contributed by atoms with Crippen molar-refractivity contribution in [3.05, 3.63) is 42.7 Å². The maximum atomic E-state index is 5.26. The molecule has 0 unspecified atom stereocenters. The van der Waals surface area contributed by atoms with E-state index in [-0.39, 0.29) is 0 Å². The summed E-state index contributed by atoms with van der Waals surface area (Å²) in [6, 6.07) is 10.1. The van der Waals surface area contributed by atoms with E-state index in [0.29, 0.717) is 9.76 Å². The molecule has 0 heterocycles. The van der Waals surface area contributed by atoms with Crippen LogP contribution in [-0.2, 0) is 4.43 Å². The molecule has 0 saturated carbocycles. The lowest BCUT2D eigenvalue weighted by molar-refractivity contribution is 0.466. The van der Waals surface area contributed by atoms with Crippen molar-refractivity contribution in [3.63, 3.8) is 0 Å². The molecule has 0 amide bonds. The van der Waals surface area contributed by atoms with E-state index < -0.39 is 0 Å². The molecule has 0 saturated heterocycles. The predicted molar refractivity (Wildman–Crippen MR) is 47.7 cm³/mol. The standard InChI is InChI=1S/C9H10OSi/c1-8(2)10-11-9-6-4-3-5-7-9/h3-7H,1H2,2H3. The van der Waals surface area contributed by atoms with E-state index in [4.69, 9.17) is 4.43 Å². The molecule has 1 aromatic carbocycles. The first-order valence-corrected chi connectivity index (χ1v) is 4.33. The number of benzene rings is 1. The smallest absolute Gasteiger partial charge is 0.350 e. The molecule has 0 aliphatic heterocycles. The van der Waals surface area contributed by atoms with Gasteiger partial charge in [0.1, 0.15) is 0 Å². The summed E-state index contributed by atoms with van der Waals surface area (Å²) >= 11 is 0. The van der Waals surface area contributed by atoms with Crippen LogP contribution in [0.15, 0.2) is 42.7 Å². The molecule has 2 heteroatoms. The topological polar surface area (TPSA) is 9.23 Å². The fourth-order valence-corrected chi connectivity index (χ4v) is 1.27. The maximum absolute atomic E-state index is 5.26. The summed E-state index contributed by atoms with van der Waals surface area (Å²) in [7, 11) is 0.385. The van der Waals surface area contributed by atoms with Crippen LogP contribution < -0.4 is 5.19 Å². The van der Waals surface area contributed by atoms with Crippen LogP contribution in [0.3, 0.4) is 0 Å². The fraction of sp³-hybridized carbons (Fsp3) is 0.111. The maximum Gasteiger partial charge on any atom is 0.350 e. The van der Waals surface area contributed by atoms with E-state index in [1.807, 2.05) is 37.3 Å². The van der Waals surface area contributed by atoms with Crippen molar-refractivity contribution < 1.29 is 4.43 Å². The molecule has 0 aliphatic rings. The van der Waals surface area contributed by atoms with Crippen LogP contribution in [0.4, 0.5) is 0 Å². The Bertz CT molecular complexity index is 231. The van der Waals surface area contributed by atoms with Crippen molar-refractivity contribution in [3.8, 4) is 0 Å². The largest absolute Gasteiger partial charge is 0.540 e. The van der Waals surface area contributed by atoms with Gasteiger partial charge in [-0.3, -0.25) is 0 Å². The number of allylic oxidation sites excluding steroid dienone is 1. The van der Waals surface area contributed by atoms with Gasteiger partial charge in [0.2, 0.25) is 0 Å². The van der Waals surface area contributed by atoms with Crippen molar-refractivity contribution >= 4 is 14.9 Å². The third kappa shape index (κ3) is 3.05. The Kier molecular flexibility index (Phi) is 2.92. The Morgan fingerprint density at radius 3 is 2.55 bits per heavy atom. The lowest BCUT2D eigenvalue weighted by Crippen LogP contribution is -2.15. The molecule has 0 aliphatic carbocycles. The number of rotatable bonds is 3. The molecule has 56 valence electrons. The molecule has 1 nitrogen and oxygen atoms in total. The molecule has 0 atom stereocenters. The Labute approximate surface area is 69.6 Å². The highest BCUT2D eigenvalue weighted by Crippen LogP contribution is 1.88. The molecule has 1 aromatic rings. The van der Waals surface area contributed by atoms with Gasteiger partial charge < -0.3 is 4.43 Å². The highest BCUT2D eigenvalue weighted by molar-refractivity contribution is 6.47. The zero-order valence-electron chi connectivity index (χ0n) is 6.50. The van der Waals surface area contributed by atoms with Gasteiger partial charge in [0.25, 0.3) is 0 Å². The zero-order valence-corrected chi connectivity index (χ0v) is 7.50. The molecule has 0 fully saturated rings. The van der Waals surface area contributed by atoms with Crippen LogP contribution in [0.5, 0.6) is 0 Å². The molecular weight excluding hydrogens is 152 g/mol. The van der Waals surface area contributed by atoms with Gasteiger partial charge in [-0.1, -0.05) is 36.9 Å². The van der Waals surface area contributed by atoms with Crippen molar-refractivity contribution in [2.75, 3.05) is 0 Å². The van der Waals surface area contributed by atoms with Gasteiger partial charge in [-0.25, -0.2) is 0 Å². The normalized spacial score (nSPS) is 9.18. The summed E-state index contributed by atoms with van der Waals surface area (Å²) in [5.41, 5.74) is 0. The molecule has 0 bridgehead atoms. The predicted octanol–water partition coefficient (Wildman–Crippen LogP) is 1.48. The number of hydrogen-bond acceptors (Lipinski definition) is 1. The minimum atomic E-state index is 0.385. The lowest BCUT2D eigenvalue weighted by Gasteiger charge is -2.01. The Hall–Kier alpha value is -1.02. The third-order valence-corrected chi connectivity index (χ3v) is 2.14. The number of hydrogen-bond donors (Lipinski definition) is 0. The third-order valence-electron chi connectivity index (χ3n) is 1.12. The first-order chi connectivity index (χ1) is 5.29. The summed E-state index contributed by atoms with van der Waals surface area (Å²) in [5, 5.41) is 1.20. The van der Waals surface area contributed by atoms with Gasteiger partial charge in [0.05, 0.1) is 5.76 Å². The molecular formula is C9H10OSi. The van der Waals surface area contributed by atoms with E-state index in [9.17, 15) is 0 Å². The Morgan fingerprint density at radius 2 is 2.00 bits per heavy atom. The van der Waals surface area contributed by atoms with Crippen LogP contribution in [0.1, 0.15) is 6.92 Å². The molecule has 1 rings (SSSR count). The van der Waals surface area contributed by atoms with Gasteiger partial charge >= 0.3 is 9.76 Å². The molecule has 0 aromatic heterocycles. The molecule has 2 radical (unpaired) electrons. The van der Waals surface area contributed by atoms with Gasteiger partial charge in [0.15, 0.2) is 0 Å². The monoisotopic (exact) mass is 162 g/mol. The van der Waals surface area contributed by atoms with Crippen LogP contribution in [0.2, 0.25) is 0 Å². The lowest BCUT2D eigenvalue weighted by atomic mass is 10.4. The zero-order chi connectivity index (χ0) is 8.10. The second kappa shape index (κ2) is 3.98. The van der Waals surface area contributed by atoms with E-state index >= 15 is 0 Å². The summed E-state index contributed by atoms with van der Waals surface area (Å²) in [5.74, 6) is 0.771. The first-order valence-electron chi connectivity index (χ1n) is 3.42. The Balaban J connectivity index is 2.45. The van der Waals surface area contributed by atoms with Crippen molar-refractivity contribution in [2.24, 2.45) is 0 Å². The van der Waals surface area contributed by atoms with E-state index in [2.05, 4.69) is 6.58 Å². The van der Waals surface area contributed by atoms with E-state index in [0.717, 1.165) is 5.76 Å². The first kappa shape index (κ1) is 8.08. The van der Waals surface area contributed by atoms with Crippen LogP contribution in [0, 0.1) is 0 Å². The van der Waals surface area contributed by atoms with E-state index in [1.165, 1.54) is 5.19 Å². The van der Waals surface area contributed by atoms with Crippen molar-refractivity contribution in [1.29, 1.82) is 0 Å². The van der Waals surface area contributed by atoms with Crippen LogP contribution in [-0.4, -0.2) is 9.76 Å². The quantitative estimate of drug-likeness (QED) is 0.483. The summed E-state index contributed by atoms with van der Waals surface area (Å²) in [4.78, 5) is 0. The summed E-state index contributed by atoms with van der Waals surface area (Å²) < 4.78 is 5.26. The minimum Gasteiger partial charge on any atom is -0.540 e. The van der Waals surface area contributed by atoms with E-state index in [1.54, 1.807) is 0 Å². The highest BCUT2D eigenvalue weighted by atomic mass is 28.2. The minimum absolute atomic E-state index is 0.385. The van der Waals surface area contributed by atoms with Crippen LogP contribution in [0.25, 0.3) is 0 Å². The van der Waals surface area contributed by atoms with Crippen LogP contribution >= 0.6 is 0 Å². The second-order valence-corrected chi connectivity index (χ2v) is 3.26. The SMILES string of the molecule is C=C(C)O[Si]c1ccccc1. The second-order valence-electron chi connectivity index (χ2n) is 2.27. The van der Waals surface area contributed by atoms with Gasteiger partial charge in [-0.05, 0) is 12.1 Å². The Morgan fingerprint density at radius 1 is 1.36 bits per heavy atom. The average molecular weight is 162 g/mol. The van der Waals surface area contributed by atoms with Crippen molar-refractivity contribution in [1.82, 2.24) is 0 Å².